The molecule has 2 aromatic rings. The van der Waals surface area contributed by atoms with Crippen LogP contribution in [0, 0.1) is 25.5 Å². The molecule has 0 bridgehead atoms. The number of aryl methyl sites for hydroxylation is 2. The first kappa shape index (κ1) is 14.9. The predicted octanol–water partition coefficient (Wildman–Crippen LogP) is 4.54. The van der Waals surface area contributed by atoms with Gasteiger partial charge < -0.3 is 5.32 Å². The Morgan fingerprint density at radius 3 is 2.20 bits per heavy atom. The van der Waals surface area contributed by atoms with Crippen molar-refractivity contribution in [3.63, 3.8) is 0 Å². The molecule has 106 valence electrons. The minimum absolute atomic E-state index is 0.293. The molecule has 0 saturated heterocycles. The van der Waals surface area contributed by atoms with Crippen LogP contribution in [0.3, 0.4) is 0 Å². The molecule has 0 spiro atoms. The Bertz CT molecular complexity index is 641. The van der Waals surface area contributed by atoms with E-state index in [1.807, 2.05) is 19.1 Å². The third-order valence-electron chi connectivity index (χ3n) is 3.45. The van der Waals surface area contributed by atoms with Crippen molar-refractivity contribution in [2.75, 3.05) is 7.05 Å². The van der Waals surface area contributed by atoms with E-state index < -0.39 is 17.7 Å². The number of benzene rings is 2. The summed E-state index contributed by atoms with van der Waals surface area (Å²) in [5, 5.41) is 3.65. The van der Waals surface area contributed by atoms with Crippen LogP contribution in [0.25, 0.3) is 0 Å². The van der Waals surface area contributed by atoms with Crippen molar-refractivity contribution in [2.24, 2.45) is 0 Å². The number of halogens is 3. The van der Waals surface area contributed by atoms with Crippen LogP contribution in [-0.4, -0.2) is 7.05 Å². The number of nitrogens with one attached hydrogen (secondary N) is 1. The van der Waals surface area contributed by atoms with Gasteiger partial charge in [0, 0.05) is 10.6 Å². The Morgan fingerprint density at radius 1 is 0.950 bits per heavy atom. The molecule has 0 fully saturated rings. The van der Waals surface area contributed by atoms with Gasteiger partial charge in [0.1, 0.15) is 0 Å². The molecule has 20 heavy (non-hydrogen) atoms. The van der Waals surface area contributed by atoms with Gasteiger partial charge in [0.05, 0.1) is 6.04 Å². The molecular weight excluding hydrogens is 280 g/mol. The van der Waals surface area contributed by atoms with E-state index in [2.05, 4.69) is 5.32 Å². The zero-order valence-electron chi connectivity index (χ0n) is 11.6. The van der Waals surface area contributed by atoms with E-state index in [9.17, 15) is 8.78 Å². The zero-order chi connectivity index (χ0) is 14.9. The van der Waals surface area contributed by atoms with Gasteiger partial charge in [-0.15, -0.1) is 0 Å². The van der Waals surface area contributed by atoms with Crippen LogP contribution in [0.2, 0.25) is 5.02 Å². The van der Waals surface area contributed by atoms with E-state index in [1.165, 1.54) is 0 Å². The largest absolute Gasteiger partial charge is 0.309 e. The summed E-state index contributed by atoms with van der Waals surface area (Å²) in [4.78, 5) is 0. The highest BCUT2D eigenvalue weighted by Crippen LogP contribution is 2.29. The monoisotopic (exact) mass is 295 g/mol. The number of hydrogen-bond acceptors (Lipinski definition) is 1. The van der Waals surface area contributed by atoms with Crippen molar-refractivity contribution in [3.05, 3.63) is 69.2 Å². The summed E-state index contributed by atoms with van der Waals surface area (Å²) in [5.41, 5.74) is 2.39. The number of rotatable bonds is 3. The maximum atomic E-state index is 14.2. The Balaban J connectivity index is 2.55. The molecule has 0 saturated carbocycles. The minimum Gasteiger partial charge on any atom is -0.309 e. The molecule has 0 radical (unpaired) electrons. The molecule has 0 heterocycles. The Kier molecular flexibility index (Phi) is 4.41. The lowest BCUT2D eigenvalue weighted by Gasteiger charge is -2.20. The van der Waals surface area contributed by atoms with Crippen molar-refractivity contribution >= 4 is 11.6 Å². The second kappa shape index (κ2) is 5.90. The third kappa shape index (κ3) is 2.69. The van der Waals surface area contributed by atoms with Gasteiger partial charge in [-0.3, -0.25) is 0 Å². The Hall–Kier alpha value is -1.45. The molecule has 0 aliphatic rings. The predicted molar refractivity (Wildman–Crippen MR) is 78.2 cm³/mol. The summed E-state index contributed by atoms with van der Waals surface area (Å²) in [6.07, 6.45) is 0. The van der Waals surface area contributed by atoms with Crippen LogP contribution in [0.15, 0.2) is 30.3 Å². The molecule has 0 aliphatic heterocycles. The molecule has 0 amide bonds. The smallest absolute Gasteiger partial charge is 0.164 e. The van der Waals surface area contributed by atoms with Gasteiger partial charge in [0.2, 0.25) is 0 Å². The Labute approximate surface area is 122 Å². The molecular formula is C16H16ClF2N. The summed E-state index contributed by atoms with van der Waals surface area (Å²) >= 11 is 5.93. The summed E-state index contributed by atoms with van der Waals surface area (Å²) < 4.78 is 27.9. The van der Waals surface area contributed by atoms with Gasteiger partial charge in [-0.25, -0.2) is 8.78 Å². The highest BCUT2D eigenvalue weighted by molar-refractivity contribution is 6.30. The molecule has 1 nitrogen and oxygen atoms in total. The first-order chi connectivity index (χ1) is 9.45. The standard InChI is InChI=1S/C16H16ClF2N/c1-9-4-6-13(15(19)14(9)18)16(20-3)12-7-5-11(17)8-10(12)2/h4-8,16,20H,1-3H3. The van der Waals surface area contributed by atoms with Gasteiger partial charge >= 0.3 is 0 Å². The fraction of sp³-hybridized carbons (Fsp3) is 0.250. The highest BCUT2D eigenvalue weighted by atomic mass is 35.5. The van der Waals surface area contributed by atoms with Gasteiger partial charge in [-0.2, -0.15) is 0 Å². The summed E-state index contributed by atoms with van der Waals surface area (Å²) in [5.74, 6) is -1.60. The first-order valence-corrected chi connectivity index (χ1v) is 6.71. The van der Waals surface area contributed by atoms with Crippen molar-refractivity contribution in [2.45, 2.75) is 19.9 Å². The van der Waals surface area contributed by atoms with E-state index in [1.54, 1.807) is 32.2 Å². The van der Waals surface area contributed by atoms with Crippen LogP contribution >= 0.6 is 11.6 Å². The van der Waals surface area contributed by atoms with Gasteiger partial charge in [-0.05, 0) is 49.7 Å². The van der Waals surface area contributed by atoms with Crippen LogP contribution < -0.4 is 5.32 Å². The fourth-order valence-electron chi connectivity index (χ4n) is 2.33. The fourth-order valence-corrected chi connectivity index (χ4v) is 2.55. The molecule has 1 unspecified atom stereocenters. The van der Waals surface area contributed by atoms with Gasteiger partial charge in [-0.1, -0.05) is 29.8 Å². The molecule has 2 rings (SSSR count). The summed E-state index contributed by atoms with van der Waals surface area (Å²) in [6, 6.07) is 8.17. The zero-order valence-corrected chi connectivity index (χ0v) is 12.4. The number of hydrogen-bond donors (Lipinski definition) is 1. The van der Waals surface area contributed by atoms with Gasteiger partial charge in [0.15, 0.2) is 11.6 Å². The normalized spacial score (nSPS) is 12.5. The van der Waals surface area contributed by atoms with E-state index in [0.717, 1.165) is 11.1 Å². The van der Waals surface area contributed by atoms with E-state index >= 15 is 0 Å². The topological polar surface area (TPSA) is 12.0 Å². The van der Waals surface area contributed by atoms with Crippen molar-refractivity contribution in [1.29, 1.82) is 0 Å². The van der Waals surface area contributed by atoms with Crippen molar-refractivity contribution in [3.8, 4) is 0 Å². The quantitative estimate of drug-likeness (QED) is 0.876. The van der Waals surface area contributed by atoms with Crippen molar-refractivity contribution in [1.82, 2.24) is 5.32 Å². The van der Waals surface area contributed by atoms with Crippen LogP contribution in [-0.2, 0) is 0 Å². The highest BCUT2D eigenvalue weighted by Gasteiger charge is 2.21. The maximum Gasteiger partial charge on any atom is 0.164 e. The van der Waals surface area contributed by atoms with Crippen LogP contribution in [0.4, 0.5) is 8.78 Å². The third-order valence-corrected chi connectivity index (χ3v) is 3.68. The summed E-state index contributed by atoms with van der Waals surface area (Å²) in [6.45, 7) is 3.44. The lowest BCUT2D eigenvalue weighted by Crippen LogP contribution is -2.20. The van der Waals surface area contributed by atoms with Gasteiger partial charge in [0.25, 0.3) is 0 Å². The average molecular weight is 296 g/mol. The summed E-state index contributed by atoms with van der Waals surface area (Å²) in [7, 11) is 1.72. The molecule has 0 aliphatic carbocycles. The van der Waals surface area contributed by atoms with E-state index in [0.29, 0.717) is 16.1 Å². The van der Waals surface area contributed by atoms with Crippen molar-refractivity contribution < 1.29 is 8.78 Å². The van der Waals surface area contributed by atoms with Crippen LogP contribution in [0.5, 0.6) is 0 Å². The van der Waals surface area contributed by atoms with E-state index in [4.69, 9.17) is 11.6 Å². The van der Waals surface area contributed by atoms with Crippen LogP contribution in [0.1, 0.15) is 28.3 Å². The molecule has 1 N–H and O–H groups in total. The second-order valence-electron chi connectivity index (χ2n) is 4.82. The molecule has 4 heteroatoms. The second-order valence-corrected chi connectivity index (χ2v) is 5.26. The minimum atomic E-state index is -0.807. The maximum absolute atomic E-state index is 14.2. The SMILES string of the molecule is CNC(c1ccc(Cl)cc1C)c1ccc(C)c(F)c1F. The lowest BCUT2D eigenvalue weighted by atomic mass is 9.94. The molecule has 2 aromatic carbocycles. The molecule has 1 atom stereocenters. The Morgan fingerprint density at radius 2 is 1.60 bits per heavy atom. The average Bonchev–Trinajstić information content (AvgIpc) is 2.41. The first-order valence-electron chi connectivity index (χ1n) is 6.33. The van der Waals surface area contributed by atoms with E-state index in [-0.39, 0.29) is 0 Å². The lowest BCUT2D eigenvalue weighted by molar-refractivity contribution is 0.482. The molecule has 0 aromatic heterocycles.